The van der Waals surface area contributed by atoms with Gasteiger partial charge in [0.1, 0.15) is 5.82 Å². The van der Waals surface area contributed by atoms with Gasteiger partial charge in [0.05, 0.1) is 29.5 Å². The number of carbonyl (C=O) groups is 1. The molecule has 1 amide bonds. The molecule has 5 saturated carbocycles. The summed E-state index contributed by atoms with van der Waals surface area (Å²) >= 11 is 6.03. The molecule has 0 bridgehead atoms. The quantitative estimate of drug-likeness (QED) is 0.323. The summed E-state index contributed by atoms with van der Waals surface area (Å²) in [6.07, 6.45) is 9.37. The number of rotatable bonds is 6. The van der Waals surface area contributed by atoms with Crippen LogP contribution < -0.4 is 5.32 Å². The van der Waals surface area contributed by atoms with E-state index >= 15 is 0 Å². The fourth-order valence-electron chi connectivity index (χ4n) is 11.6. The first-order valence-electron chi connectivity index (χ1n) is 15.7. The van der Waals surface area contributed by atoms with Gasteiger partial charge in [0.25, 0.3) is 0 Å². The highest BCUT2D eigenvalue weighted by molar-refractivity contribution is 6.33. The van der Waals surface area contributed by atoms with Crippen molar-refractivity contribution in [3.05, 3.63) is 29.0 Å². The van der Waals surface area contributed by atoms with E-state index in [1.165, 1.54) is 31.4 Å². The Hall–Kier alpha value is -1.37. The highest BCUT2D eigenvalue weighted by atomic mass is 35.5. The average Bonchev–Trinajstić information content (AvgIpc) is 3.44. The van der Waals surface area contributed by atoms with E-state index in [-0.39, 0.29) is 38.9 Å². The van der Waals surface area contributed by atoms with Crippen LogP contribution >= 0.6 is 11.6 Å². The summed E-state index contributed by atoms with van der Waals surface area (Å²) in [7, 11) is 0. The molecule has 40 heavy (non-hydrogen) atoms. The molecule has 5 fully saturated rings. The van der Waals surface area contributed by atoms with Crippen LogP contribution in [0.25, 0.3) is 0 Å². The highest BCUT2D eigenvalue weighted by Crippen LogP contribution is 2.86. The number of aliphatic hydroxyl groups is 2. The molecule has 5 aliphatic carbocycles. The van der Waals surface area contributed by atoms with Crippen LogP contribution in [0.5, 0.6) is 0 Å². The molecule has 11 atom stereocenters. The van der Waals surface area contributed by atoms with Crippen molar-refractivity contribution in [3.63, 3.8) is 0 Å². The minimum atomic E-state index is -0.578. The summed E-state index contributed by atoms with van der Waals surface area (Å²) in [4.78, 5) is 12.4. The first-order valence-corrected chi connectivity index (χ1v) is 16.1. The summed E-state index contributed by atoms with van der Waals surface area (Å²) in [5, 5.41) is 25.6. The molecule has 1 aromatic carbocycles. The summed E-state index contributed by atoms with van der Waals surface area (Å²) < 4.78 is 18.8. The maximum absolute atomic E-state index is 13.3. The standard InChI is InChI=1S/C33H47ClFNO4/c1-5-32-18-33(32)17-21(37)10-14-31(33,4)24-11-13-30(3)22(7-8-23(30)27(24)28(32)38)19(2)12-15-40-29(39)36-26-9-6-20(35)16-25(26)34/h6,9,16,19,21-24,27-28,37-38H,5,7-8,10-15,17-18H2,1-4H3,(H,36,39)/t19-,21-,22-,23+,24+,27+,28+,30-,31-,32?,33+/m1/s1. The fourth-order valence-corrected chi connectivity index (χ4v) is 11.8. The van der Waals surface area contributed by atoms with Crippen molar-refractivity contribution >= 4 is 23.4 Å². The molecule has 0 radical (unpaired) electrons. The molecule has 5 nitrogen and oxygen atoms in total. The van der Waals surface area contributed by atoms with E-state index in [0.29, 0.717) is 41.9 Å². The van der Waals surface area contributed by atoms with Crippen LogP contribution in [0.1, 0.15) is 91.9 Å². The lowest BCUT2D eigenvalue weighted by Gasteiger charge is -2.64. The van der Waals surface area contributed by atoms with E-state index in [0.717, 1.165) is 51.0 Å². The third kappa shape index (κ3) is 3.94. The number of amides is 1. The molecule has 0 heterocycles. The third-order valence-corrected chi connectivity index (χ3v) is 13.9. The van der Waals surface area contributed by atoms with Crippen molar-refractivity contribution in [2.24, 2.45) is 51.2 Å². The van der Waals surface area contributed by atoms with Crippen molar-refractivity contribution in [1.82, 2.24) is 0 Å². The zero-order valence-electron chi connectivity index (χ0n) is 24.5. The molecule has 0 aliphatic heterocycles. The predicted molar refractivity (Wildman–Crippen MR) is 154 cm³/mol. The molecule has 7 heteroatoms. The summed E-state index contributed by atoms with van der Waals surface area (Å²) in [5.74, 6) is 1.88. The maximum Gasteiger partial charge on any atom is 0.411 e. The lowest BCUT2D eigenvalue weighted by Crippen LogP contribution is -2.62. The van der Waals surface area contributed by atoms with Crippen molar-refractivity contribution in [1.29, 1.82) is 0 Å². The molecular weight excluding hydrogens is 529 g/mol. The zero-order chi connectivity index (χ0) is 28.7. The normalized spacial score (nSPS) is 45.9. The number of carbonyl (C=O) groups excluding carboxylic acids is 1. The molecular formula is C33H47ClFNO4. The monoisotopic (exact) mass is 575 g/mol. The Morgan fingerprint density at radius 2 is 1.95 bits per heavy atom. The molecule has 6 rings (SSSR count). The second-order valence-corrected chi connectivity index (χ2v) is 15.1. The number of ether oxygens (including phenoxy) is 1. The lowest BCUT2D eigenvalue weighted by molar-refractivity contribution is -0.203. The number of halogens is 2. The van der Waals surface area contributed by atoms with Gasteiger partial charge in [-0.25, -0.2) is 9.18 Å². The lowest BCUT2D eigenvalue weighted by atomic mass is 9.41. The SMILES string of the molecule is CCC12C[C@]13C[C@H](O)CC[C@]3(C)[C@H]1CC[C@]3(C)[C@@H]([C@H](C)CCOC(=O)Nc4ccc(F)cc4Cl)CC[C@H]3[C@@H]1[C@@H]2O. The molecule has 1 aromatic rings. The van der Waals surface area contributed by atoms with Crippen LogP contribution in [0, 0.1) is 57.1 Å². The Bertz CT molecular complexity index is 1170. The van der Waals surface area contributed by atoms with Crippen molar-refractivity contribution in [3.8, 4) is 0 Å². The Kier molecular flexibility index (Phi) is 7.07. The maximum atomic E-state index is 13.3. The van der Waals surface area contributed by atoms with Gasteiger partial charge >= 0.3 is 6.09 Å². The number of fused-ring (bicyclic) bond motifs is 4. The minimum absolute atomic E-state index is 0.0269. The molecule has 0 aromatic heterocycles. The van der Waals surface area contributed by atoms with Crippen LogP contribution in [0.2, 0.25) is 5.02 Å². The van der Waals surface area contributed by atoms with Gasteiger partial charge in [-0.3, -0.25) is 5.32 Å². The molecule has 0 saturated heterocycles. The van der Waals surface area contributed by atoms with Crippen molar-refractivity contribution in [2.45, 2.75) is 104 Å². The number of benzene rings is 1. The molecule has 5 aliphatic rings. The van der Waals surface area contributed by atoms with Gasteiger partial charge in [-0.2, -0.15) is 0 Å². The Morgan fingerprint density at radius 1 is 1.18 bits per heavy atom. The van der Waals surface area contributed by atoms with Gasteiger partial charge in [0.15, 0.2) is 0 Å². The van der Waals surface area contributed by atoms with Crippen molar-refractivity contribution < 1.29 is 24.1 Å². The summed E-state index contributed by atoms with van der Waals surface area (Å²) in [6.45, 7) is 9.89. The number of aliphatic hydroxyl groups excluding tert-OH is 2. The fraction of sp³-hybridized carbons (Fsp3) is 0.788. The molecule has 1 spiro atoms. The van der Waals surface area contributed by atoms with Crippen LogP contribution in [0.3, 0.4) is 0 Å². The smallest absolute Gasteiger partial charge is 0.411 e. The Labute approximate surface area is 243 Å². The minimum Gasteiger partial charge on any atom is -0.449 e. The van der Waals surface area contributed by atoms with Crippen molar-refractivity contribution in [2.75, 3.05) is 11.9 Å². The number of hydrogen-bond acceptors (Lipinski definition) is 4. The first kappa shape index (κ1) is 28.7. The van der Waals surface area contributed by atoms with Gasteiger partial charge in [-0.05, 0) is 128 Å². The summed E-state index contributed by atoms with van der Waals surface area (Å²) in [5.41, 5.74) is 0.815. The second kappa shape index (κ2) is 9.84. The van der Waals surface area contributed by atoms with Crippen LogP contribution in [-0.2, 0) is 4.74 Å². The van der Waals surface area contributed by atoms with E-state index in [9.17, 15) is 19.4 Å². The summed E-state index contributed by atoms with van der Waals surface area (Å²) in [6, 6.07) is 3.85. The van der Waals surface area contributed by atoms with E-state index in [1.54, 1.807) is 0 Å². The number of anilines is 1. The first-order chi connectivity index (χ1) is 18.9. The molecule has 1 unspecified atom stereocenters. The van der Waals surface area contributed by atoms with E-state index in [4.69, 9.17) is 16.3 Å². The zero-order valence-corrected chi connectivity index (χ0v) is 25.3. The number of nitrogens with one attached hydrogen (secondary N) is 1. The van der Waals surface area contributed by atoms with Gasteiger partial charge in [-0.1, -0.05) is 39.3 Å². The predicted octanol–water partition coefficient (Wildman–Crippen LogP) is 7.82. The van der Waals surface area contributed by atoms with Crippen LogP contribution in [0.4, 0.5) is 14.9 Å². The van der Waals surface area contributed by atoms with E-state index in [2.05, 4.69) is 33.0 Å². The Morgan fingerprint density at radius 3 is 2.67 bits per heavy atom. The van der Waals surface area contributed by atoms with E-state index < -0.39 is 11.9 Å². The second-order valence-electron chi connectivity index (χ2n) is 14.7. The van der Waals surface area contributed by atoms with Gasteiger partial charge in [0, 0.05) is 5.41 Å². The highest BCUT2D eigenvalue weighted by Gasteiger charge is 2.83. The molecule has 3 N–H and O–H groups in total. The average molecular weight is 576 g/mol. The van der Waals surface area contributed by atoms with Crippen LogP contribution in [-0.4, -0.2) is 35.1 Å². The third-order valence-electron chi connectivity index (χ3n) is 13.6. The topological polar surface area (TPSA) is 78.8 Å². The van der Waals surface area contributed by atoms with E-state index in [1.807, 2.05) is 0 Å². The van der Waals surface area contributed by atoms with Gasteiger partial charge in [-0.15, -0.1) is 0 Å². The van der Waals surface area contributed by atoms with Crippen LogP contribution in [0.15, 0.2) is 18.2 Å². The Balaban J connectivity index is 1.13. The van der Waals surface area contributed by atoms with Gasteiger partial charge in [0.2, 0.25) is 0 Å². The number of hydrogen-bond donors (Lipinski definition) is 3. The largest absolute Gasteiger partial charge is 0.449 e. The van der Waals surface area contributed by atoms with Gasteiger partial charge < -0.3 is 14.9 Å². The molecule has 222 valence electrons.